The molecule has 0 atom stereocenters. The van der Waals surface area contributed by atoms with Crippen molar-refractivity contribution in [1.29, 1.82) is 0 Å². The number of anilines is 1. The number of furan rings is 1. The van der Waals surface area contributed by atoms with Crippen LogP contribution in [0.1, 0.15) is 20.8 Å². The van der Waals surface area contributed by atoms with Gasteiger partial charge in [-0.25, -0.2) is 4.79 Å². The van der Waals surface area contributed by atoms with Crippen LogP contribution in [0.2, 0.25) is 0 Å². The highest BCUT2D eigenvalue weighted by molar-refractivity contribution is 6.06. The van der Waals surface area contributed by atoms with Gasteiger partial charge in [0, 0.05) is 24.9 Å². The van der Waals surface area contributed by atoms with Crippen LogP contribution >= 0.6 is 0 Å². The first-order valence-electron chi connectivity index (χ1n) is 6.63. The Kier molecular flexibility index (Phi) is 3.42. The van der Waals surface area contributed by atoms with Gasteiger partial charge in [-0.1, -0.05) is 0 Å². The monoisotopic (exact) mass is 298 g/mol. The van der Waals surface area contributed by atoms with Gasteiger partial charge in [-0.3, -0.25) is 4.79 Å². The second kappa shape index (κ2) is 5.40. The van der Waals surface area contributed by atoms with Crippen molar-refractivity contribution < 1.29 is 18.7 Å². The van der Waals surface area contributed by atoms with Crippen LogP contribution < -0.4 is 5.32 Å². The van der Waals surface area contributed by atoms with E-state index in [4.69, 9.17) is 4.42 Å². The summed E-state index contributed by atoms with van der Waals surface area (Å²) in [6, 6.07) is 9.98. The molecule has 112 valence electrons. The Morgan fingerprint density at radius 3 is 2.55 bits per heavy atom. The van der Waals surface area contributed by atoms with E-state index in [0.717, 1.165) is 5.52 Å². The molecular weight excluding hydrogens is 284 g/mol. The lowest BCUT2D eigenvalue weighted by Crippen LogP contribution is -2.15. The largest absolute Gasteiger partial charge is 0.465 e. The summed E-state index contributed by atoms with van der Waals surface area (Å²) in [5.74, 6) is -0.666. The van der Waals surface area contributed by atoms with E-state index in [-0.39, 0.29) is 5.91 Å². The molecule has 0 spiro atoms. The lowest BCUT2D eigenvalue weighted by atomic mass is 10.2. The Balaban J connectivity index is 1.80. The minimum absolute atomic E-state index is 0.250. The average molecular weight is 298 g/mol. The molecule has 0 saturated heterocycles. The summed E-state index contributed by atoms with van der Waals surface area (Å²) in [4.78, 5) is 23.7. The summed E-state index contributed by atoms with van der Waals surface area (Å²) in [7, 11) is 3.12. The molecule has 2 heterocycles. The van der Waals surface area contributed by atoms with Crippen LogP contribution in [0.25, 0.3) is 11.1 Å². The van der Waals surface area contributed by atoms with Crippen molar-refractivity contribution in [2.45, 2.75) is 0 Å². The molecule has 0 radical (unpaired) electrons. The van der Waals surface area contributed by atoms with Crippen LogP contribution in [-0.2, 0) is 11.8 Å². The van der Waals surface area contributed by atoms with E-state index >= 15 is 0 Å². The van der Waals surface area contributed by atoms with Crippen molar-refractivity contribution in [2.24, 2.45) is 7.05 Å². The molecule has 0 unspecified atom stereocenters. The van der Waals surface area contributed by atoms with E-state index in [9.17, 15) is 9.59 Å². The van der Waals surface area contributed by atoms with Crippen LogP contribution in [0.5, 0.6) is 0 Å². The first kappa shape index (κ1) is 13.9. The number of methoxy groups -OCH3 is 1. The maximum atomic E-state index is 12.3. The van der Waals surface area contributed by atoms with Crippen LogP contribution in [0.3, 0.4) is 0 Å². The minimum atomic E-state index is -0.416. The van der Waals surface area contributed by atoms with E-state index in [1.54, 1.807) is 54.3 Å². The van der Waals surface area contributed by atoms with Gasteiger partial charge in [-0.2, -0.15) is 0 Å². The molecule has 0 fully saturated rings. The number of nitrogens with one attached hydrogen (secondary N) is 1. The van der Waals surface area contributed by atoms with E-state index in [1.807, 2.05) is 0 Å². The second-order valence-corrected chi connectivity index (χ2v) is 4.78. The van der Waals surface area contributed by atoms with Gasteiger partial charge in [0.15, 0.2) is 5.58 Å². The molecule has 0 saturated carbocycles. The zero-order valence-corrected chi connectivity index (χ0v) is 12.1. The Labute approximate surface area is 126 Å². The van der Waals surface area contributed by atoms with Gasteiger partial charge in [-0.15, -0.1) is 0 Å². The van der Waals surface area contributed by atoms with Crippen molar-refractivity contribution in [1.82, 2.24) is 4.57 Å². The van der Waals surface area contributed by atoms with Crippen molar-refractivity contribution in [2.75, 3.05) is 12.4 Å². The normalized spacial score (nSPS) is 10.6. The third-order valence-corrected chi connectivity index (χ3v) is 3.46. The number of nitrogens with zero attached hydrogens (tertiary/aromatic N) is 1. The first-order valence-corrected chi connectivity index (χ1v) is 6.63. The highest BCUT2D eigenvalue weighted by Crippen LogP contribution is 2.20. The van der Waals surface area contributed by atoms with E-state index in [1.165, 1.54) is 7.11 Å². The molecule has 0 bridgehead atoms. The second-order valence-electron chi connectivity index (χ2n) is 4.78. The maximum absolute atomic E-state index is 12.3. The zero-order valence-electron chi connectivity index (χ0n) is 12.1. The van der Waals surface area contributed by atoms with E-state index < -0.39 is 5.97 Å². The van der Waals surface area contributed by atoms with Crippen LogP contribution in [0.15, 0.2) is 47.1 Å². The number of carbonyl (C=O) groups excluding carboxylic acids is 2. The van der Waals surface area contributed by atoms with Crippen molar-refractivity contribution >= 4 is 28.7 Å². The third-order valence-electron chi connectivity index (χ3n) is 3.46. The van der Waals surface area contributed by atoms with E-state index in [0.29, 0.717) is 22.5 Å². The standard InChI is InChI=1S/C16H14N2O4/c1-18-12-7-8-22-14(12)9-13(18)15(19)17-11-5-3-10(4-6-11)16(20)21-2/h3-9H,1-2H3,(H,17,19). The summed E-state index contributed by atoms with van der Waals surface area (Å²) in [5, 5.41) is 2.78. The SMILES string of the molecule is COC(=O)c1ccc(NC(=O)c2cc3occc3n2C)cc1. The van der Waals surface area contributed by atoms with Gasteiger partial charge in [0.1, 0.15) is 5.69 Å². The predicted molar refractivity (Wildman–Crippen MR) is 80.9 cm³/mol. The van der Waals surface area contributed by atoms with Gasteiger partial charge in [0.05, 0.1) is 24.5 Å². The molecule has 1 amide bonds. The summed E-state index contributed by atoms with van der Waals surface area (Å²) in [5.41, 5.74) is 3.03. The Bertz CT molecular complexity index is 843. The highest BCUT2D eigenvalue weighted by Gasteiger charge is 2.15. The summed E-state index contributed by atoms with van der Waals surface area (Å²) >= 11 is 0. The molecule has 2 aromatic heterocycles. The number of hydrogen-bond acceptors (Lipinski definition) is 4. The lowest BCUT2D eigenvalue weighted by molar-refractivity contribution is 0.0600. The zero-order chi connectivity index (χ0) is 15.7. The Morgan fingerprint density at radius 1 is 1.18 bits per heavy atom. The number of amides is 1. The number of carbonyl (C=O) groups is 2. The number of hydrogen-bond donors (Lipinski definition) is 1. The Morgan fingerprint density at radius 2 is 1.91 bits per heavy atom. The van der Waals surface area contributed by atoms with Gasteiger partial charge in [-0.05, 0) is 24.3 Å². The quantitative estimate of drug-likeness (QED) is 0.755. The van der Waals surface area contributed by atoms with Crippen LogP contribution in [0.4, 0.5) is 5.69 Å². The molecule has 6 nitrogen and oxygen atoms in total. The first-order chi connectivity index (χ1) is 10.6. The number of aromatic nitrogens is 1. The Hall–Kier alpha value is -3.02. The van der Waals surface area contributed by atoms with Crippen LogP contribution in [0, 0.1) is 0 Å². The topological polar surface area (TPSA) is 73.5 Å². The molecule has 0 aliphatic carbocycles. The molecule has 3 aromatic rings. The third kappa shape index (κ3) is 2.35. The molecule has 6 heteroatoms. The van der Waals surface area contributed by atoms with Crippen molar-refractivity contribution in [3.05, 3.63) is 53.9 Å². The fourth-order valence-corrected chi connectivity index (χ4v) is 2.27. The lowest BCUT2D eigenvalue weighted by Gasteiger charge is -2.07. The fourth-order valence-electron chi connectivity index (χ4n) is 2.27. The van der Waals surface area contributed by atoms with Gasteiger partial charge >= 0.3 is 5.97 Å². The van der Waals surface area contributed by atoms with Crippen molar-refractivity contribution in [3.8, 4) is 0 Å². The highest BCUT2D eigenvalue weighted by atomic mass is 16.5. The molecule has 1 N–H and O–H groups in total. The van der Waals surface area contributed by atoms with E-state index in [2.05, 4.69) is 10.1 Å². The number of benzene rings is 1. The predicted octanol–water partition coefficient (Wildman–Crippen LogP) is 2.81. The number of rotatable bonds is 3. The smallest absolute Gasteiger partial charge is 0.337 e. The average Bonchev–Trinajstić information content (AvgIpc) is 3.10. The minimum Gasteiger partial charge on any atom is -0.465 e. The number of ether oxygens (including phenoxy) is 1. The van der Waals surface area contributed by atoms with Crippen LogP contribution in [-0.4, -0.2) is 23.6 Å². The number of fused-ring (bicyclic) bond motifs is 1. The number of aryl methyl sites for hydroxylation is 1. The molecule has 0 aliphatic heterocycles. The number of esters is 1. The summed E-state index contributed by atoms with van der Waals surface area (Å²) in [6.45, 7) is 0. The molecule has 0 aliphatic rings. The van der Waals surface area contributed by atoms with Crippen molar-refractivity contribution in [3.63, 3.8) is 0 Å². The fraction of sp³-hybridized carbons (Fsp3) is 0.125. The molecule has 22 heavy (non-hydrogen) atoms. The maximum Gasteiger partial charge on any atom is 0.337 e. The van der Waals surface area contributed by atoms with Gasteiger partial charge in [0.2, 0.25) is 0 Å². The summed E-state index contributed by atoms with van der Waals surface area (Å²) < 4.78 is 11.7. The summed E-state index contributed by atoms with van der Waals surface area (Å²) in [6.07, 6.45) is 1.58. The van der Waals surface area contributed by atoms with Gasteiger partial charge < -0.3 is 19.0 Å². The van der Waals surface area contributed by atoms with Gasteiger partial charge in [0.25, 0.3) is 5.91 Å². The molecule has 3 rings (SSSR count). The molecular formula is C16H14N2O4. The molecule has 1 aromatic carbocycles.